The highest BCUT2D eigenvalue weighted by Crippen LogP contribution is 2.23. The molecule has 7 nitrogen and oxygen atoms in total. The van der Waals surface area contributed by atoms with Crippen molar-refractivity contribution in [3.05, 3.63) is 67.7 Å². The molecule has 1 N–H and O–H groups in total. The Labute approximate surface area is 196 Å². The molecule has 0 atom stereocenters. The predicted octanol–water partition coefficient (Wildman–Crippen LogP) is 3.35. The molecule has 1 aliphatic rings. The maximum atomic E-state index is 12.9. The molecule has 170 valence electrons. The minimum absolute atomic E-state index is 0.133. The number of anilines is 1. The predicted molar refractivity (Wildman–Crippen MR) is 130 cm³/mol. The molecule has 0 radical (unpaired) electrons. The molecule has 1 amide bonds. The van der Waals surface area contributed by atoms with Crippen LogP contribution in [-0.4, -0.2) is 57.8 Å². The number of amides is 1. The van der Waals surface area contributed by atoms with E-state index in [1.54, 1.807) is 20.7 Å². The third kappa shape index (κ3) is 5.15. The van der Waals surface area contributed by atoms with E-state index in [1.165, 1.54) is 4.88 Å². The van der Waals surface area contributed by atoms with Gasteiger partial charge in [-0.3, -0.25) is 19.2 Å². The van der Waals surface area contributed by atoms with Gasteiger partial charge in [0.25, 0.3) is 5.56 Å². The molecule has 1 fully saturated rings. The smallest absolute Gasteiger partial charge is 0.295 e. The molecule has 0 aliphatic carbocycles. The van der Waals surface area contributed by atoms with E-state index in [-0.39, 0.29) is 11.5 Å². The highest BCUT2D eigenvalue weighted by molar-refractivity contribution is 7.16. The van der Waals surface area contributed by atoms with Gasteiger partial charge in [-0.25, -0.2) is 4.68 Å². The van der Waals surface area contributed by atoms with Crippen molar-refractivity contribution >= 4 is 34.5 Å². The van der Waals surface area contributed by atoms with Crippen LogP contribution in [0.5, 0.6) is 0 Å². The average molecular weight is 474 g/mol. The first-order chi connectivity index (χ1) is 15.4. The normalized spacial score (nSPS) is 15.2. The zero-order valence-corrected chi connectivity index (χ0v) is 20.0. The van der Waals surface area contributed by atoms with E-state index in [1.807, 2.05) is 50.4 Å². The van der Waals surface area contributed by atoms with Crippen molar-refractivity contribution in [2.24, 2.45) is 7.05 Å². The largest absolute Gasteiger partial charge is 0.320 e. The summed E-state index contributed by atoms with van der Waals surface area (Å²) < 4.78 is 4.17. The van der Waals surface area contributed by atoms with Crippen molar-refractivity contribution in [2.45, 2.75) is 19.9 Å². The van der Waals surface area contributed by atoms with Crippen LogP contribution in [-0.2, 0) is 18.4 Å². The number of hydrogen-bond donors (Lipinski definition) is 1. The van der Waals surface area contributed by atoms with Gasteiger partial charge >= 0.3 is 0 Å². The van der Waals surface area contributed by atoms with Crippen LogP contribution in [0.3, 0.4) is 0 Å². The molecule has 9 heteroatoms. The Kier molecular flexibility index (Phi) is 7.15. The van der Waals surface area contributed by atoms with Crippen LogP contribution < -0.4 is 10.9 Å². The van der Waals surface area contributed by atoms with Crippen molar-refractivity contribution in [3.8, 4) is 5.69 Å². The first-order valence-electron chi connectivity index (χ1n) is 10.7. The van der Waals surface area contributed by atoms with E-state index in [0.29, 0.717) is 18.7 Å². The van der Waals surface area contributed by atoms with Gasteiger partial charge in [0.05, 0.1) is 15.7 Å². The lowest BCUT2D eigenvalue weighted by Crippen LogP contribution is -2.46. The Hall–Kier alpha value is -2.39. The highest BCUT2D eigenvalue weighted by atomic mass is 35.5. The van der Waals surface area contributed by atoms with E-state index in [2.05, 4.69) is 21.2 Å². The van der Waals surface area contributed by atoms with E-state index < -0.39 is 0 Å². The monoisotopic (exact) mass is 473 g/mol. The maximum absolute atomic E-state index is 12.9. The van der Waals surface area contributed by atoms with Crippen molar-refractivity contribution < 1.29 is 4.79 Å². The van der Waals surface area contributed by atoms with Crippen LogP contribution in [0.1, 0.15) is 17.0 Å². The number of rotatable bonds is 7. The summed E-state index contributed by atoms with van der Waals surface area (Å²) >= 11 is 7.65. The number of thiophene rings is 1. The van der Waals surface area contributed by atoms with E-state index >= 15 is 0 Å². The summed E-state index contributed by atoms with van der Waals surface area (Å²) in [6.07, 6.45) is 0.361. The number of carbonyl (C=O) groups excluding carboxylic acids is 1. The van der Waals surface area contributed by atoms with E-state index in [4.69, 9.17) is 11.6 Å². The van der Waals surface area contributed by atoms with Crippen LogP contribution in [0.2, 0.25) is 4.34 Å². The molecule has 3 heterocycles. The Morgan fingerprint density at radius 1 is 1.06 bits per heavy atom. The summed E-state index contributed by atoms with van der Waals surface area (Å²) in [6, 6.07) is 13.5. The van der Waals surface area contributed by atoms with Gasteiger partial charge < -0.3 is 10.2 Å². The molecular weight excluding hydrogens is 446 g/mol. The molecule has 32 heavy (non-hydrogen) atoms. The topological polar surface area (TPSA) is 62.5 Å². The summed E-state index contributed by atoms with van der Waals surface area (Å²) in [6.45, 7) is 7.24. The molecule has 2 aromatic heterocycles. The van der Waals surface area contributed by atoms with Crippen LogP contribution in [0, 0.1) is 6.92 Å². The van der Waals surface area contributed by atoms with Crippen LogP contribution in [0.25, 0.3) is 5.69 Å². The SMILES string of the molecule is Cc1c(NC(=O)CCN2CCN(Cc3ccc(Cl)s3)CC2)c(=O)n(-c2ccccc2)n1C. The number of carbonyl (C=O) groups is 1. The number of aromatic nitrogens is 2. The Morgan fingerprint density at radius 3 is 2.41 bits per heavy atom. The summed E-state index contributed by atoms with van der Waals surface area (Å²) in [4.78, 5) is 31.5. The van der Waals surface area contributed by atoms with Gasteiger partial charge in [0.1, 0.15) is 5.69 Å². The summed E-state index contributed by atoms with van der Waals surface area (Å²) in [5.74, 6) is -0.133. The average Bonchev–Trinajstić information content (AvgIpc) is 3.29. The fourth-order valence-electron chi connectivity index (χ4n) is 4.00. The van der Waals surface area contributed by atoms with E-state index in [0.717, 1.165) is 48.4 Å². The standard InChI is InChI=1S/C23H28ClN5O2S/c1-17-22(23(31)29(26(17)2)18-6-4-3-5-7-18)25-21(30)10-11-27-12-14-28(15-13-27)16-19-8-9-20(24)32-19/h3-9H,10-16H2,1-2H3,(H,25,30). The molecular formula is C23H28ClN5O2S. The lowest BCUT2D eigenvalue weighted by molar-refractivity contribution is -0.116. The number of piperazine rings is 1. The second kappa shape index (κ2) is 10.0. The highest BCUT2D eigenvalue weighted by Gasteiger charge is 2.20. The molecule has 1 aliphatic heterocycles. The third-order valence-corrected chi connectivity index (χ3v) is 7.16. The zero-order chi connectivity index (χ0) is 22.7. The van der Waals surface area contributed by atoms with Gasteiger partial charge in [-0.2, -0.15) is 0 Å². The Morgan fingerprint density at radius 2 is 1.75 bits per heavy atom. The Bertz CT molecular complexity index is 1130. The van der Waals surface area contributed by atoms with Crippen LogP contribution in [0.15, 0.2) is 47.3 Å². The van der Waals surface area contributed by atoms with Gasteiger partial charge in [0.15, 0.2) is 0 Å². The van der Waals surface area contributed by atoms with Gasteiger partial charge in [0.2, 0.25) is 5.91 Å². The molecule has 0 bridgehead atoms. The number of benzene rings is 1. The number of nitrogens with zero attached hydrogens (tertiary/aromatic N) is 4. The molecule has 0 saturated carbocycles. The molecule has 4 rings (SSSR count). The molecule has 1 saturated heterocycles. The van der Waals surface area contributed by atoms with E-state index in [9.17, 15) is 9.59 Å². The van der Waals surface area contributed by atoms with Crippen molar-refractivity contribution in [3.63, 3.8) is 0 Å². The zero-order valence-electron chi connectivity index (χ0n) is 18.4. The van der Waals surface area contributed by atoms with Crippen molar-refractivity contribution in [1.29, 1.82) is 0 Å². The second-order valence-electron chi connectivity index (χ2n) is 8.06. The Balaban J connectivity index is 1.29. The molecule has 0 spiro atoms. The summed E-state index contributed by atoms with van der Waals surface area (Å²) in [5.41, 5.74) is 1.63. The lowest BCUT2D eigenvalue weighted by atomic mass is 10.2. The maximum Gasteiger partial charge on any atom is 0.295 e. The third-order valence-electron chi connectivity index (χ3n) is 5.95. The quantitative estimate of drug-likeness (QED) is 0.571. The van der Waals surface area contributed by atoms with Gasteiger partial charge in [-0.05, 0) is 31.2 Å². The van der Waals surface area contributed by atoms with Crippen molar-refractivity contribution in [2.75, 3.05) is 38.0 Å². The minimum atomic E-state index is -0.216. The number of para-hydroxylation sites is 1. The first kappa shape index (κ1) is 22.8. The number of nitrogens with one attached hydrogen (secondary N) is 1. The van der Waals surface area contributed by atoms with Gasteiger partial charge in [-0.1, -0.05) is 29.8 Å². The molecule has 3 aromatic rings. The summed E-state index contributed by atoms with van der Waals surface area (Å²) in [5, 5.41) is 2.85. The molecule has 1 aromatic carbocycles. The number of hydrogen-bond acceptors (Lipinski definition) is 5. The van der Waals surface area contributed by atoms with Crippen molar-refractivity contribution in [1.82, 2.24) is 19.2 Å². The van der Waals surface area contributed by atoms with Crippen LogP contribution in [0.4, 0.5) is 5.69 Å². The van der Waals surface area contributed by atoms with Gasteiger partial charge in [-0.15, -0.1) is 11.3 Å². The minimum Gasteiger partial charge on any atom is -0.320 e. The number of halogens is 1. The lowest BCUT2D eigenvalue weighted by Gasteiger charge is -2.34. The fraction of sp³-hybridized carbons (Fsp3) is 0.391. The van der Waals surface area contributed by atoms with Crippen LogP contribution >= 0.6 is 22.9 Å². The second-order valence-corrected chi connectivity index (χ2v) is 9.86. The van der Waals surface area contributed by atoms with Gasteiger partial charge in [0, 0.05) is 57.6 Å². The fourth-order valence-corrected chi connectivity index (χ4v) is 5.13. The summed E-state index contributed by atoms with van der Waals surface area (Å²) in [7, 11) is 1.82. The first-order valence-corrected chi connectivity index (χ1v) is 11.9. The molecule has 0 unspecified atom stereocenters.